The van der Waals surface area contributed by atoms with Gasteiger partial charge in [0.05, 0.1) is 16.9 Å². The van der Waals surface area contributed by atoms with E-state index in [-0.39, 0.29) is 11.6 Å². The van der Waals surface area contributed by atoms with E-state index in [1.54, 1.807) is 6.07 Å². The lowest BCUT2D eigenvalue weighted by atomic mass is 10.1. The zero-order chi connectivity index (χ0) is 17.4. The number of imidazole rings is 1. The molecule has 1 amide bonds. The van der Waals surface area contributed by atoms with Crippen molar-refractivity contribution in [2.75, 3.05) is 5.32 Å². The molecule has 0 aliphatic rings. The summed E-state index contributed by atoms with van der Waals surface area (Å²) in [7, 11) is 0. The van der Waals surface area contributed by atoms with Crippen molar-refractivity contribution in [3.8, 4) is 11.4 Å². The summed E-state index contributed by atoms with van der Waals surface area (Å²) < 4.78 is 14.2. The number of pyridine rings is 1. The normalized spacial score (nSPS) is 11.0. The Hall–Kier alpha value is -2.76. The Morgan fingerprint density at radius 3 is 2.62 bits per heavy atom. The van der Waals surface area contributed by atoms with E-state index in [4.69, 9.17) is 0 Å². The van der Waals surface area contributed by atoms with E-state index < -0.39 is 5.82 Å². The molecule has 0 bridgehead atoms. The van der Waals surface area contributed by atoms with Gasteiger partial charge < -0.3 is 10.3 Å². The molecule has 2 N–H and O–H groups in total. The van der Waals surface area contributed by atoms with Crippen molar-refractivity contribution >= 4 is 22.5 Å². The highest BCUT2D eigenvalue weighted by Gasteiger charge is 2.14. The first-order chi connectivity index (χ1) is 11.4. The number of H-pyrrole nitrogens is 1. The van der Waals surface area contributed by atoms with Gasteiger partial charge in [0.15, 0.2) is 0 Å². The van der Waals surface area contributed by atoms with E-state index in [1.807, 2.05) is 26.8 Å². The number of amides is 1. The Kier molecular flexibility index (Phi) is 4.05. The first-order valence-corrected chi connectivity index (χ1v) is 7.83. The SMILES string of the molecule is CCc1nc(-c2cc(C)c3cc(NC(C)=O)c(F)cc3n2)c(C)[nH]1. The van der Waals surface area contributed by atoms with Crippen LogP contribution >= 0.6 is 0 Å². The van der Waals surface area contributed by atoms with E-state index in [2.05, 4.69) is 20.3 Å². The predicted octanol–water partition coefficient (Wildman–Crippen LogP) is 3.90. The summed E-state index contributed by atoms with van der Waals surface area (Å²) in [6.45, 7) is 7.26. The minimum Gasteiger partial charge on any atom is -0.346 e. The lowest BCUT2D eigenvalue weighted by molar-refractivity contribution is -0.114. The number of aromatic nitrogens is 3. The van der Waals surface area contributed by atoms with Crippen LogP contribution in [0.15, 0.2) is 18.2 Å². The molecule has 3 rings (SSSR count). The number of carbonyl (C=O) groups is 1. The van der Waals surface area contributed by atoms with Crippen LogP contribution in [-0.4, -0.2) is 20.9 Å². The molecule has 2 heterocycles. The van der Waals surface area contributed by atoms with Crippen molar-refractivity contribution in [3.05, 3.63) is 41.1 Å². The van der Waals surface area contributed by atoms with E-state index in [1.165, 1.54) is 13.0 Å². The van der Waals surface area contributed by atoms with Gasteiger partial charge in [-0.1, -0.05) is 6.92 Å². The number of nitrogens with one attached hydrogen (secondary N) is 2. The average Bonchev–Trinajstić information content (AvgIpc) is 2.89. The number of benzene rings is 1. The van der Waals surface area contributed by atoms with E-state index in [0.29, 0.717) is 11.2 Å². The number of hydrogen-bond acceptors (Lipinski definition) is 3. The molecule has 0 unspecified atom stereocenters. The molecule has 0 aliphatic carbocycles. The number of rotatable bonds is 3. The number of carbonyl (C=O) groups excluding carboxylic acids is 1. The standard InChI is InChI=1S/C18H19FN4O/c1-5-17-20-10(3)18(23-17)16-6-9(2)12-7-15(21-11(4)24)13(19)8-14(12)22-16/h6-8H,5H2,1-4H3,(H,20,23)(H,21,24). The van der Waals surface area contributed by atoms with Crippen LogP contribution in [0.25, 0.3) is 22.3 Å². The number of nitrogens with zero attached hydrogens (tertiary/aromatic N) is 2. The average molecular weight is 326 g/mol. The smallest absolute Gasteiger partial charge is 0.221 e. The number of halogens is 1. The molecule has 0 aliphatic heterocycles. The van der Waals surface area contributed by atoms with Gasteiger partial charge in [0.1, 0.15) is 17.3 Å². The van der Waals surface area contributed by atoms with Gasteiger partial charge in [0.2, 0.25) is 5.91 Å². The Morgan fingerprint density at radius 1 is 1.25 bits per heavy atom. The maximum absolute atomic E-state index is 14.2. The third-order valence-electron chi connectivity index (χ3n) is 3.93. The highest BCUT2D eigenvalue weighted by atomic mass is 19.1. The predicted molar refractivity (Wildman–Crippen MR) is 92.4 cm³/mol. The van der Waals surface area contributed by atoms with Crippen molar-refractivity contribution in [2.24, 2.45) is 0 Å². The summed E-state index contributed by atoms with van der Waals surface area (Å²) >= 11 is 0. The largest absolute Gasteiger partial charge is 0.346 e. The summed E-state index contributed by atoms with van der Waals surface area (Å²) in [5, 5.41) is 3.30. The van der Waals surface area contributed by atoms with Crippen LogP contribution in [0.5, 0.6) is 0 Å². The molecule has 0 saturated carbocycles. The first kappa shape index (κ1) is 16.1. The van der Waals surface area contributed by atoms with Gasteiger partial charge in [-0.3, -0.25) is 4.79 Å². The van der Waals surface area contributed by atoms with Crippen LogP contribution in [0.2, 0.25) is 0 Å². The summed E-state index contributed by atoms with van der Waals surface area (Å²) in [6, 6.07) is 4.90. The Labute approximate surface area is 139 Å². The second-order valence-electron chi connectivity index (χ2n) is 5.87. The molecule has 124 valence electrons. The van der Waals surface area contributed by atoms with Gasteiger partial charge >= 0.3 is 0 Å². The maximum atomic E-state index is 14.2. The van der Waals surface area contributed by atoms with E-state index in [0.717, 1.165) is 34.6 Å². The van der Waals surface area contributed by atoms with Crippen molar-refractivity contribution in [2.45, 2.75) is 34.1 Å². The fraction of sp³-hybridized carbons (Fsp3) is 0.278. The molecule has 0 saturated heterocycles. The number of anilines is 1. The van der Waals surface area contributed by atoms with Crippen LogP contribution in [0.3, 0.4) is 0 Å². The Bertz CT molecular complexity index is 946. The fourth-order valence-corrected chi connectivity index (χ4v) is 2.76. The highest BCUT2D eigenvalue weighted by Crippen LogP contribution is 2.29. The van der Waals surface area contributed by atoms with E-state index >= 15 is 0 Å². The molecule has 0 radical (unpaired) electrons. The van der Waals surface area contributed by atoms with Gasteiger partial charge in [0, 0.05) is 30.5 Å². The second kappa shape index (κ2) is 6.03. The Morgan fingerprint density at radius 2 is 2.00 bits per heavy atom. The molecule has 2 aromatic heterocycles. The van der Waals surface area contributed by atoms with Gasteiger partial charge in [-0.05, 0) is 31.5 Å². The summed E-state index contributed by atoms with van der Waals surface area (Å²) in [5.74, 6) is 0.0821. The summed E-state index contributed by atoms with van der Waals surface area (Å²) in [4.78, 5) is 23.5. The van der Waals surface area contributed by atoms with Crippen LogP contribution in [-0.2, 0) is 11.2 Å². The highest BCUT2D eigenvalue weighted by molar-refractivity contribution is 5.94. The minimum absolute atomic E-state index is 0.164. The van der Waals surface area contributed by atoms with Crippen molar-refractivity contribution < 1.29 is 9.18 Å². The summed E-state index contributed by atoms with van der Waals surface area (Å²) in [5.41, 5.74) is 4.08. The quantitative estimate of drug-likeness (QED) is 0.767. The van der Waals surface area contributed by atoms with Crippen LogP contribution in [0.1, 0.15) is 30.9 Å². The lowest BCUT2D eigenvalue weighted by Gasteiger charge is -2.09. The van der Waals surface area contributed by atoms with Crippen molar-refractivity contribution in [1.29, 1.82) is 0 Å². The monoisotopic (exact) mass is 326 g/mol. The van der Waals surface area contributed by atoms with Crippen LogP contribution < -0.4 is 5.32 Å². The third-order valence-corrected chi connectivity index (χ3v) is 3.93. The molecular weight excluding hydrogens is 307 g/mol. The van der Waals surface area contributed by atoms with Crippen LogP contribution in [0, 0.1) is 19.7 Å². The molecule has 0 atom stereocenters. The van der Waals surface area contributed by atoms with Gasteiger partial charge in [0.25, 0.3) is 0 Å². The maximum Gasteiger partial charge on any atom is 0.221 e. The molecular formula is C18H19FN4O. The van der Waals surface area contributed by atoms with Crippen molar-refractivity contribution in [1.82, 2.24) is 15.0 Å². The fourth-order valence-electron chi connectivity index (χ4n) is 2.76. The molecule has 5 nitrogen and oxygen atoms in total. The number of hydrogen-bond donors (Lipinski definition) is 2. The molecule has 0 fully saturated rings. The molecule has 0 spiro atoms. The van der Waals surface area contributed by atoms with Crippen LogP contribution in [0.4, 0.5) is 10.1 Å². The summed E-state index contributed by atoms with van der Waals surface area (Å²) in [6.07, 6.45) is 0.808. The number of fused-ring (bicyclic) bond motifs is 1. The Balaban J connectivity index is 2.16. The third kappa shape index (κ3) is 2.87. The molecule has 1 aromatic carbocycles. The lowest BCUT2D eigenvalue weighted by Crippen LogP contribution is -2.07. The molecule has 3 aromatic rings. The molecule has 24 heavy (non-hydrogen) atoms. The van der Waals surface area contributed by atoms with Gasteiger partial charge in [-0.2, -0.15) is 0 Å². The zero-order valence-corrected chi connectivity index (χ0v) is 14.1. The number of aromatic amines is 1. The second-order valence-corrected chi connectivity index (χ2v) is 5.87. The van der Waals surface area contributed by atoms with Crippen molar-refractivity contribution in [3.63, 3.8) is 0 Å². The van der Waals surface area contributed by atoms with Gasteiger partial charge in [-0.25, -0.2) is 14.4 Å². The molecule has 6 heteroatoms. The minimum atomic E-state index is -0.505. The van der Waals surface area contributed by atoms with E-state index in [9.17, 15) is 9.18 Å². The first-order valence-electron chi connectivity index (χ1n) is 7.83. The number of aryl methyl sites for hydroxylation is 3. The zero-order valence-electron chi connectivity index (χ0n) is 14.1. The van der Waals surface area contributed by atoms with Gasteiger partial charge in [-0.15, -0.1) is 0 Å². The topological polar surface area (TPSA) is 70.7 Å².